The Labute approximate surface area is 56.6 Å². The first-order valence-electron chi connectivity index (χ1n) is 2.26. The molecule has 0 aliphatic carbocycles. The van der Waals surface area contributed by atoms with Crippen molar-refractivity contribution in [2.75, 3.05) is 6.61 Å². The first kappa shape index (κ1) is 8.68. The fraction of sp³-hybridized carbons (Fsp3) is 0.750. The van der Waals surface area contributed by atoms with E-state index in [4.69, 9.17) is 0 Å². The second kappa shape index (κ2) is 3.00. The third kappa shape index (κ3) is 3.29. The molecule has 0 aliphatic heterocycles. The van der Waals surface area contributed by atoms with E-state index in [1.165, 1.54) is 6.92 Å². The fourth-order valence-electron chi connectivity index (χ4n) is 0.218. The van der Waals surface area contributed by atoms with E-state index in [0.29, 0.717) is 0 Å². The van der Waals surface area contributed by atoms with Gasteiger partial charge in [0.2, 0.25) is 0 Å². The molecule has 0 aliphatic rings. The third-order valence-electron chi connectivity index (χ3n) is 0.521. The van der Waals surface area contributed by atoms with Gasteiger partial charge in [0.15, 0.2) is 0 Å². The van der Waals surface area contributed by atoms with Crippen molar-refractivity contribution in [3.05, 3.63) is 0 Å². The van der Waals surface area contributed by atoms with Gasteiger partial charge >= 0.3 is 11.2 Å². The predicted octanol–water partition coefficient (Wildman–Crippen LogP) is 1.07. The van der Waals surface area contributed by atoms with Crippen molar-refractivity contribution in [1.82, 2.24) is 0 Å². The van der Waals surface area contributed by atoms with Crippen molar-refractivity contribution in [2.45, 2.75) is 12.2 Å². The maximum Gasteiger partial charge on any atom is 0.388 e. The first-order valence-corrected chi connectivity index (χ1v) is 2.70. The Morgan fingerprint density at radius 3 is 2.33 bits per heavy atom. The van der Waals surface area contributed by atoms with Gasteiger partial charge < -0.3 is 4.74 Å². The van der Waals surface area contributed by atoms with Crippen LogP contribution in [0, 0.1) is 0 Å². The monoisotopic (exact) mass is 156 g/mol. The van der Waals surface area contributed by atoms with Crippen LogP contribution < -0.4 is 0 Å². The highest BCUT2D eigenvalue weighted by atomic mass is 32.1. The number of hydrogen-bond donors (Lipinski definition) is 1. The van der Waals surface area contributed by atoms with Gasteiger partial charge in [0.05, 0.1) is 6.61 Å². The van der Waals surface area contributed by atoms with Crippen molar-refractivity contribution in [3.63, 3.8) is 0 Å². The summed E-state index contributed by atoms with van der Waals surface area (Å²) in [4.78, 5) is 10.0. The van der Waals surface area contributed by atoms with E-state index >= 15 is 0 Å². The molecule has 0 amide bonds. The number of carbonyl (C=O) groups excluding carboxylic acids is 1. The largest absolute Gasteiger partial charge is 0.461 e. The van der Waals surface area contributed by atoms with Crippen molar-refractivity contribution >= 4 is 18.6 Å². The van der Waals surface area contributed by atoms with Gasteiger partial charge in [0.1, 0.15) is 0 Å². The highest BCUT2D eigenvalue weighted by Gasteiger charge is 2.35. The molecule has 0 atom stereocenters. The molecule has 54 valence electrons. The Bertz CT molecular complexity index is 110. The predicted molar refractivity (Wildman–Crippen MR) is 30.6 cm³/mol. The number of hydrogen-bond acceptors (Lipinski definition) is 3. The molecule has 0 spiro atoms. The Morgan fingerprint density at radius 2 is 2.22 bits per heavy atom. The molecule has 0 aromatic carbocycles. The molecule has 5 heteroatoms. The van der Waals surface area contributed by atoms with Crippen LogP contribution in [0.5, 0.6) is 0 Å². The van der Waals surface area contributed by atoms with Crippen LogP contribution >= 0.6 is 12.6 Å². The molecule has 0 bridgehead atoms. The average Bonchev–Trinajstić information content (AvgIpc) is 1.64. The number of alkyl halides is 2. The Balaban J connectivity index is 3.74. The summed E-state index contributed by atoms with van der Waals surface area (Å²) in [6.45, 7) is 1.38. The summed E-state index contributed by atoms with van der Waals surface area (Å²) in [6.07, 6.45) is 0. The summed E-state index contributed by atoms with van der Waals surface area (Å²) in [5, 5.41) is -3.66. The molecule has 0 heterocycles. The zero-order valence-corrected chi connectivity index (χ0v) is 5.62. The standard InChI is InChI=1S/C4H6F2O2S/c1-2-8-3(7)4(5,6)9/h9H,2H2,1H3. The van der Waals surface area contributed by atoms with Crippen LogP contribution in [-0.4, -0.2) is 17.8 Å². The van der Waals surface area contributed by atoms with E-state index in [1.54, 1.807) is 0 Å². The lowest BCUT2D eigenvalue weighted by molar-refractivity contribution is -0.159. The quantitative estimate of drug-likeness (QED) is 0.478. The minimum Gasteiger partial charge on any atom is -0.461 e. The fourth-order valence-corrected chi connectivity index (χ4v) is 0.282. The van der Waals surface area contributed by atoms with Gasteiger partial charge in [-0.15, -0.1) is 0 Å². The Morgan fingerprint density at radius 1 is 1.78 bits per heavy atom. The van der Waals surface area contributed by atoms with E-state index in [2.05, 4.69) is 17.4 Å². The van der Waals surface area contributed by atoms with Gasteiger partial charge in [-0.25, -0.2) is 4.79 Å². The van der Waals surface area contributed by atoms with Crippen LogP contribution in [0.4, 0.5) is 8.78 Å². The minimum atomic E-state index is -3.66. The van der Waals surface area contributed by atoms with Crippen LogP contribution in [0.25, 0.3) is 0 Å². The maximum atomic E-state index is 11.7. The molecule has 0 fully saturated rings. The summed E-state index contributed by atoms with van der Waals surface area (Å²) >= 11 is 2.68. The molecule has 9 heavy (non-hydrogen) atoms. The lowest BCUT2D eigenvalue weighted by Gasteiger charge is -2.05. The lowest BCUT2D eigenvalue weighted by atomic mass is 10.7. The highest BCUT2D eigenvalue weighted by molar-refractivity contribution is 7.82. The van der Waals surface area contributed by atoms with Crippen LogP contribution in [0.3, 0.4) is 0 Å². The van der Waals surface area contributed by atoms with E-state index in [-0.39, 0.29) is 6.61 Å². The van der Waals surface area contributed by atoms with Gasteiger partial charge in [0.25, 0.3) is 0 Å². The van der Waals surface area contributed by atoms with E-state index in [9.17, 15) is 13.6 Å². The van der Waals surface area contributed by atoms with Crippen LogP contribution in [0.15, 0.2) is 0 Å². The number of rotatable bonds is 2. The van der Waals surface area contributed by atoms with Gasteiger partial charge in [-0.1, -0.05) is 12.6 Å². The van der Waals surface area contributed by atoms with Gasteiger partial charge in [0, 0.05) is 0 Å². The third-order valence-corrected chi connectivity index (χ3v) is 0.704. The van der Waals surface area contributed by atoms with Crippen LogP contribution in [0.2, 0.25) is 0 Å². The van der Waals surface area contributed by atoms with Gasteiger partial charge in [-0.05, 0) is 6.92 Å². The number of carbonyl (C=O) groups is 1. The molecule has 0 unspecified atom stereocenters. The SMILES string of the molecule is CCOC(=O)C(F)(F)S. The molecule has 0 N–H and O–H groups in total. The highest BCUT2D eigenvalue weighted by Crippen LogP contribution is 2.19. The van der Waals surface area contributed by atoms with Crippen molar-refractivity contribution in [2.24, 2.45) is 0 Å². The molecule has 0 rings (SSSR count). The topological polar surface area (TPSA) is 26.3 Å². The number of esters is 1. The molecular weight excluding hydrogens is 150 g/mol. The van der Waals surface area contributed by atoms with Crippen LogP contribution in [-0.2, 0) is 9.53 Å². The van der Waals surface area contributed by atoms with E-state index in [1.807, 2.05) is 0 Å². The molecule has 0 aromatic rings. The number of ether oxygens (including phenoxy) is 1. The summed E-state index contributed by atoms with van der Waals surface area (Å²) in [6, 6.07) is 0. The minimum absolute atomic E-state index is 0.0605. The second-order valence-corrected chi connectivity index (χ2v) is 1.82. The Hall–Kier alpha value is -0.320. The van der Waals surface area contributed by atoms with Gasteiger partial charge in [-0.3, -0.25) is 0 Å². The summed E-state index contributed by atoms with van der Waals surface area (Å²) in [5.74, 6) is -1.60. The molecule has 0 saturated heterocycles. The molecule has 2 nitrogen and oxygen atoms in total. The molecule has 0 aromatic heterocycles. The van der Waals surface area contributed by atoms with Crippen molar-refractivity contribution in [1.29, 1.82) is 0 Å². The summed E-state index contributed by atoms with van der Waals surface area (Å²) < 4.78 is 27.3. The average molecular weight is 156 g/mol. The van der Waals surface area contributed by atoms with Gasteiger partial charge in [-0.2, -0.15) is 8.78 Å². The maximum absolute atomic E-state index is 11.7. The van der Waals surface area contributed by atoms with Crippen LogP contribution in [0.1, 0.15) is 6.92 Å². The zero-order chi connectivity index (χ0) is 7.49. The normalized spacial score (nSPS) is 11.1. The lowest BCUT2D eigenvalue weighted by Crippen LogP contribution is -2.24. The van der Waals surface area contributed by atoms with E-state index in [0.717, 1.165) is 0 Å². The van der Waals surface area contributed by atoms with Crippen molar-refractivity contribution < 1.29 is 18.3 Å². The number of halogens is 2. The first-order chi connectivity index (χ1) is 3.98. The second-order valence-electron chi connectivity index (χ2n) is 1.26. The number of thiol groups is 1. The summed E-state index contributed by atoms with van der Waals surface area (Å²) in [7, 11) is 0. The Kier molecular flexibility index (Phi) is 2.90. The zero-order valence-electron chi connectivity index (χ0n) is 4.73. The smallest absolute Gasteiger partial charge is 0.388 e. The molecular formula is C4H6F2O2S. The van der Waals surface area contributed by atoms with E-state index < -0.39 is 11.2 Å². The van der Waals surface area contributed by atoms with Crippen molar-refractivity contribution in [3.8, 4) is 0 Å². The molecule has 0 saturated carbocycles. The molecule has 0 radical (unpaired) electrons. The summed E-state index contributed by atoms with van der Waals surface area (Å²) in [5.41, 5.74) is 0.